The molecule has 0 radical (unpaired) electrons. The fourth-order valence-electron chi connectivity index (χ4n) is 1.12. The van der Waals surface area contributed by atoms with Crippen LogP contribution < -0.4 is 11.1 Å². The third-order valence-electron chi connectivity index (χ3n) is 1.65. The number of rotatable bonds is 2. The van der Waals surface area contributed by atoms with E-state index < -0.39 is 0 Å². The summed E-state index contributed by atoms with van der Waals surface area (Å²) in [6.45, 7) is 6.43. The normalized spacial score (nSPS) is 18.2. The van der Waals surface area contributed by atoms with Crippen LogP contribution in [0.5, 0.6) is 0 Å². The van der Waals surface area contributed by atoms with Crippen molar-refractivity contribution in [3.8, 4) is 0 Å². The summed E-state index contributed by atoms with van der Waals surface area (Å²) in [4.78, 5) is 4.39. The molecule has 0 atom stereocenters. The number of hydrogen-bond acceptors (Lipinski definition) is 4. The maximum absolute atomic E-state index is 5.40. The molecule has 1 aliphatic rings. The highest BCUT2D eigenvalue weighted by Gasteiger charge is 2.06. The van der Waals surface area contributed by atoms with E-state index in [9.17, 15) is 0 Å². The Kier molecular flexibility index (Phi) is 8.33. The van der Waals surface area contributed by atoms with Gasteiger partial charge in [0, 0.05) is 39.3 Å². The van der Waals surface area contributed by atoms with Crippen molar-refractivity contribution in [2.24, 2.45) is 5.73 Å². The fraction of sp³-hybridized carbons (Fsp3) is 1.00. The average molecular weight is 188 g/mol. The Morgan fingerprint density at radius 1 is 1.23 bits per heavy atom. The minimum absolute atomic E-state index is 0.792. The van der Waals surface area contributed by atoms with Crippen molar-refractivity contribution >= 4 is 0 Å². The maximum atomic E-state index is 5.40. The van der Waals surface area contributed by atoms with E-state index in [1.54, 1.807) is 0 Å². The topological polar surface area (TPSA) is 44.5 Å². The zero-order chi connectivity index (χ0) is 10.1. The molecule has 0 saturated carbocycles. The van der Waals surface area contributed by atoms with Crippen LogP contribution in [0.1, 0.15) is 0 Å². The van der Waals surface area contributed by atoms with E-state index in [2.05, 4.69) is 10.2 Å². The summed E-state index contributed by atoms with van der Waals surface area (Å²) in [5.74, 6) is 0. The molecule has 13 heavy (non-hydrogen) atoms. The predicted molar refractivity (Wildman–Crippen MR) is 58.0 cm³/mol. The Bertz CT molecular complexity index is 94.3. The van der Waals surface area contributed by atoms with Gasteiger partial charge in [-0.2, -0.15) is 0 Å². The molecule has 1 fully saturated rings. The van der Waals surface area contributed by atoms with Crippen LogP contribution in [-0.4, -0.2) is 70.2 Å². The monoisotopic (exact) mass is 188 g/mol. The van der Waals surface area contributed by atoms with Crippen LogP contribution in [0.25, 0.3) is 0 Å². The van der Waals surface area contributed by atoms with Crippen LogP contribution in [0.15, 0.2) is 0 Å². The Labute approximate surface area is 82.1 Å². The lowest BCUT2D eigenvalue weighted by molar-refractivity contribution is 0.247. The highest BCUT2D eigenvalue weighted by atomic mass is 15.2. The van der Waals surface area contributed by atoms with Gasteiger partial charge in [0.25, 0.3) is 0 Å². The average Bonchev–Trinajstić information content (AvgIpc) is 2.06. The Morgan fingerprint density at radius 2 is 1.69 bits per heavy atom. The summed E-state index contributed by atoms with van der Waals surface area (Å²) in [6, 6.07) is 0. The minimum atomic E-state index is 0.792. The van der Waals surface area contributed by atoms with Crippen molar-refractivity contribution in [2.75, 3.05) is 60.4 Å². The summed E-state index contributed by atoms with van der Waals surface area (Å²) >= 11 is 0. The van der Waals surface area contributed by atoms with Gasteiger partial charge in [-0.15, -0.1) is 0 Å². The van der Waals surface area contributed by atoms with Crippen molar-refractivity contribution < 1.29 is 0 Å². The molecular weight excluding hydrogens is 164 g/mol. The molecule has 1 rings (SSSR count). The second-order valence-electron chi connectivity index (χ2n) is 3.72. The largest absolute Gasteiger partial charge is 0.329 e. The van der Waals surface area contributed by atoms with Gasteiger partial charge >= 0.3 is 0 Å². The standard InChI is InChI=1S/C6H15N3.C3H9N/c7-1-4-9-5-2-8-3-6-9;1-4(2)3/h8H,1-7H2;1-3H3. The molecule has 1 heterocycles. The first-order valence-corrected chi connectivity index (χ1v) is 4.91. The zero-order valence-corrected chi connectivity index (χ0v) is 9.21. The van der Waals surface area contributed by atoms with Gasteiger partial charge in [0.2, 0.25) is 0 Å². The molecule has 0 spiro atoms. The van der Waals surface area contributed by atoms with Crippen LogP contribution in [0.4, 0.5) is 0 Å². The third kappa shape index (κ3) is 9.76. The van der Waals surface area contributed by atoms with Gasteiger partial charge in [0.15, 0.2) is 0 Å². The molecule has 80 valence electrons. The molecule has 1 saturated heterocycles. The molecule has 0 aromatic carbocycles. The molecule has 0 bridgehead atoms. The van der Waals surface area contributed by atoms with Gasteiger partial charge in [0.05, 0.1) is 0 Å². The van der Waals surface area contributed by atoms with E-state index in [0.29, 0.717) is 0 Å². The number of piperazine rings is 1. The number of nitrogens with one attached hydrogen (secondary N) is 1. The van der Waals surface area contributed by atoms with E-state index in [1.807, 2.05) is 26.0 Å². The van der Waals surface area contributed by atoms with Gasteiger partial charge in [0.1, 0.15) is 0 Å². The zero-order valence-electron chi connectivity index (χ0n) is 9.21. The SMILES string of the molecule is CN(C)C.NCCN1CCNCC1. The lowest BCUT2D eigenvalue weighted by atomic mass is 10.3. The van der Waals surface area contributed by atoms with Gasteiger partial charge < -0.3 is 16.0 Å². The molecule has 3 N–H and O–H groups in total. The van der Waals surface area contributed by atoms with E-state index in [0.717, 1.165) is 39.3 Å². The molecule has 0 aliphatic carbocycles. The predicted octanol–water partition coefficient (Wildman–Crippen LogP) is -0.972. The molecule has 0 aromatic heterocycles. The van der Waals surface area contributed by atoms with Gasteiger partial charge in [-0.25, -0.2) is 0 Å². The maximum Gasteiger partial charge on any atom is 0.0108 e. The highest BCUT2D eigenvalue weighted by Crippen LogP contribution is 1.88. The van der Waals surface area contributed by atoms with Gasteiger partial charge in [-0.1, -0.05) is 0 Å². The Balaban J connectivity index is 0.000000310. The van der Waals surface area contributed by atoms with E-state index in [1.165, 1.54) is 0 Å². The Morgan fingerprint density at radius 3 is 2.08 bits per heavy atom. The third-order valence-corrected chi connectivity index (χ3v) is 1.65. The molecule has 1 aliphatic heterocycles. The second-order valence-corrected chi connectivity index (χ2v) is 3.72. The number of hydrogen-bond donors (Lipinski definition) is 2. The molecule has 4 nitrogen and oxygen atoms in total. The smallest absolute Gasteiger partial charge is 0.0108 e. The summed E-state index contributed by atoms with van der Waals surface area (Å²) in [7, 11) is 6.00. The highest BCUT2D eigenvalue weighted by molar-refractivity contribution is 4.66. The fourth-order valence-corrected chi connectivity index (χ4v) is 1.12. The first-order valence-electron chi connectivity index (χ1n) is 4.91. The van der Waals surface area contributed by atoms with Crippen LogP contribution >= 0.6 is 0 Å². The van der Waals surface area contributed by atoms with Crippen molar-refractivity contribution in [2.45, 2.75) is 0 Å². The minimum Gasteiger partial charge on any atom is -0.329 e. The molecule has 0 aromatic rings. The van der Waals surface area contributed by atoms with E-state index in [-0.39, 0.29) is 0 Å². The molecular formula is C9H24N4. The first kappa shape index (κ1) is 12.8. The number of nitrogens with two attached hydrogens (primary N) is 1. The van der Waals surface area contributed by atoms with Crippen LogP contribution in [0, 0.1) is 0 Å². The summed E-state index contributed by atoms with van der Waals surface area (Å²) in [6.07, 6.45) is 0. The first-order chi connectivity index (χ1) is 6.16. The van der Waals surface area contributed by atoms with Crippen LogP contribution in [0.2, 0.25) is 0 Å². The second kappa shape index (κ2) is 8.44. The van der Waals surface area contributed by atoms with E-state index in [4.69, 9.17) is 5.73 Å². The van der Waals surface area contributed by atoms with Crippen LogP contribution in [0.3, 0.4) is 0 Å². The summed E-state index contributed by atoms with van der Waals surface area (Å²) in [5.41, 5.74) is 5.40. The van der Waals surface area contributed by atoms with Crippen molar-refractivity contribution in [3.63, 3.8) is 0 Å². The number of nitrogens with zero attached hydrogens (tertiary/aromatic N) is 2. The lowest BCUT2D eigenvalue weighted by Crippen LogP contribution is -2.45. The molecule has 0 unspecified atom stereocenters. The van der Waals surface area contributed by atoms with E-state index >= 15 is 0 Å². The lowest BCUT2D eigenvalue weighted by Gasteiger charge is -2.26. The van der Waals surface area contributed by atoms with Crippen molar-refractivity contribution in [1.82, 2.24) is 15.1 Å². The molecule has 0 amide bonds. The van der Waals surface area contributed by atoms with Gasteiger partial charge in [-0.05, 0) is 21.1 Å². The Hall–Kier alpha value is -0.160. The van der Waals surface area contributed by atoms with Crippen molar-refractivity contribution in [1.29, 1.82) is 0 Å². The summed E-state index contributed by atoms with van der Waals surface area (Å²) in [5, 5.41) is 3.29. The quantitative estimate of drug-likeness (QED) is 0.585. The van der Waals surface area contributed by atoms with Crippen molar-refractivity contribution in [3.05, 3.63) is 0 Å². The van der Waals surface area contributed by atoms with Gasteiger partial charge in [-0.3, -0.25) is 4.90 Å². The van der Waals surface area contributed by atoms with Crippen LogP contribution in [-0.2, 0) is 0 Å². The summed E-state index contributed by atoms with van der Waals surface area (Å²) < 4.78 is 0. The molecule has 4 heteroatoms.